The first-order valence-corrected chi connectivity index (χ1v) is 4.17. The second-order valence-corrected chi connectivity index (χ2v) is 3.17. The van der Waals surface area contributed by atoms with E-state index in [-0.39, 0.29) is 12.3 Å². The highest BCUT2D eigenvalue weighted by Gasteiger charge is 2.09. The van der Waals surface area contributed by atoms with Gasteiger partial charge >= 0.3 is 5.97 Å². The molecule has 0 saturated heterocycles. The molecule has 1 aromatic rings. The molecule has 0 spiro atoms. The predicted octanol–water partition coefficient (Wildman–Crippen LogP) is 1.85. The molecule has 1 rings (SSSR count). The van der Waals surface area contributed by atoms with Gasteiger partial charge in [-0.15, -0.1) is 0 Å². The van der Waals surface area contributed by atoms with Crippen LogP contribution in [0.15, 0.2) is 24.3 Å². The number of anilines is 1. The van der Waals surface area contributed by atoms with Crippen molar-refractivity contribution in [2.75, 3.05) is 5.73 Å². The van der Waals surface area contributed by atoms with Crippen LogP contribution in [0.25, 0.3) is 0 Å². The number of nitrogens with two attached hydrogens (primary N) is 1. The van der Waals surface area contributed by atoms with Crippen molar-refractivity contribution in [2.24, 2.45) is 0 Å². The standard InChI is InChI=1S/C10H13NO2/c1-7(6-10(12)13)8-2-4-9(11)5-3-8/h2-5,7H,6,11H2,1H3,(H,12,13). The van der Waals surface area contributed by atoms with Crippen molar-refractivity contribution in [2.45, 2.75) is 19.3 Å². The van der Waals surface area contributed by atoms with E-state index in [4.69, 9.17) is 10.8 Å². The molecule has 0 fully saturated rings. The second-order valence-electron chi connectivity index (χ2n) is 3.17. The Bertz CT molecular complexity index is 292. The summed E-state index contributed by atoms with van der Waals surface area (Å²) < 4.78 is 0. The molecule has 0 aliphatic heterocycles. The van der Waals surface area contributed by atoms with Crippen LogP contribution >= 0.6 is 0 Å². The van der Waals surface area contributed by atoms with Gasteiger partial charge in [-0.05, 0) is 23.6 Å². The summed E-state index contributed by atoms with van der Waals surface area (Å²) in [6, 6.07) is 7.30. The molecule has 0 aromatic heterocycles. The van der Waals surface area contributed by atoms with Gasteiger partial charge in [0, 0.05) is 5.69 Å². The topological polar surface area (TPSA) is 63.3 Å². The Hall–Kier alpha value is -1.51. The van der Waals surface area contributed by atoms with Gasteiger partial charge in [-0.1, -0.05) is 19.1 Å². The largest absolute Gasteiger partial charge is 0.481 e. The van der Waals surface area contributed by atoms with E-state index < -0.39 is 5.97 Å². The van der Waals surface area contributed by atoms with E-state index in [0.29, 0.717) is 5.69 Å². The normalized spacial score (nSPS) is 12.4. The first-order chi connectivity index (χ1) is 6.09. The van der Waals surface area contributed by atoms with Crippen LogP contribution in [0, 0.1) is 0 Å². The van der Waals surface area contributed by atoms with Gasteiger partial charge in [0.25, 0.3) is 0 Å². The Morgan fingerprint density at radius 1 is 1.46 bits per heavy atom. The molecule has 3 nitrogen and oxygen atoms in total. The van der Waals surface area contributed by atoms with E-state index in [2.05, 4.69) is 0 Å². The van der Waals surface area contributed by atoms with Crippen molar-refractivity contribution in [1.82, 2.24) is 0 Å². The first kappa shape index (κ1) is 9.58. The molecule has 1 aromatic carbocycles. The third-order valence-electron chi connectivity index (χ3n) is 1.99. The summed E-state index contributed by atoms with van der Waals surface area (Å²) in [6.45, 7) is 1.89. The van der Waals surface area contributed by atoms with E-state index in [1.165, 1.54) is 0 Å². The molecule has 70 valence electrons. The molecule has 3 N–H and O–H groups in total. The van der Waals surface area contributed by atoms with Crippen molar-refractivity contribution in [3.63, 3.8) is 0 Å². The molecule has 13 heavy (non-hydrogen) atoms. The summed E-state index contributed by atoms with van der Waals surface area (Å²) in [7, 11) is 0. The number of carboxylic acid groups (broad SMARTS) is 1. The highest BCUT2D eigenvalue weighted by molar-refractivity contribution is 5.68. The Morgan fingerprint density at radius 3 is 2.46 bits per heavy atom. The average Bonchev–Trinajstić information content (AvgIpc) is 2.04. The Morgan fingerprint density at radius 2 is 2.00 bits per heavy atom. The molecule has 0 heterocycles. The van der Waals surface area contributed by atoms with Crippen molar-refractivity contribution < 1.29 is 9.90 Å². The van der Waals surface area contributed by atoms with Gasteiger partial charge in [-0.3, -0.25) is 4.79 Å². The van der Waals surface area contributed by atoms with Crippen LogP contribution in [0.3, 0.4) is 0 Å². The Kier molecular flexibility index (Phi) is 2.90. The lowest BCUT2D eigenvalue weighted by atomic mass is 9.98. The number of hydrogen-bond acceptors (Lipinski definition) is 2. The fraction of sp³-hybridized carbons (Fsp3) is 0.300. The minimum absolute atomic E-state index is 0.0399. The summed E-state index contributed by atoms with van der Waals surface area (Å²) in [5.41, 5.74) is 7.22. The minimum Gasteiger partial charge on any atom is -0.481 e. The van der Waals surface area contributed by atoms with E-state index in [0.717, 1.165) is 5.56 Å². The lowest BCUT2D eigenvalue weighted by molar-refractivity contribution is -0.137. The number of benzene rings is 1. The first-order valence-electron chi connectivity index (χ1n) is 4.17. The van der Waals surface area contributed by atoms with Crippen LogP contribution in [0.5, 0.6) is 0 Å². The highest BCUT2D eigenvalue weighted by Crippen LogP contribution is 2.19. The van der Waals surface area contributed by atoms with Gasteiger partial charge in [-0.25, -0.2) is 0 Å². The highest BCUT2D eigenvalue weighted by atomic mass is 16.4. The molecular formula is C10H13NO2. The molecule has 0 aliphatic carbocycles. The quantitative estimate of drug-likeness (QED) is 0.696. The number of rotatable bonds is 3. The van der Waals surface area contributed by atoms with Crippen molar-refractivity contribution >= 4 is 11.7 Å². The molecular weight excluding hydrogens is 166 g/mol. The van der Waals surface area contributed by atoms with E-state index in [9.17, 15) is 4.79 Å². The fourth-order valence-electron chi connectivity index (χ4n) is 1.20. The number of nitrogen functional groups attached to an aromatic ring is 1. The maximum absolute atomic E-state index is 10.4. The van der Waals surface area contributed by atoms with Crippen molar-refractivity contribution in [3.05, 3.63) is 29.8 Å². The molecule has 0 saturated carbocycles. The molecule has 0 bridgehead atoms. The summed E-state index contributed by atoms with van der Waals surface area (Å²) in [5, 5.41) is 8.58. The predicted molar refractivity (Wildman–Crippen MR) is 51.5 cm³/mol. The van der Waals surface area contributed by atoms with Crippen LogP contribution < -0.4 is 5.73 Å². The third-order valence-corrected chi connectivity index (χ3v) is 1.99. The lowest BCUT2D eigenvalue weighted by Crippen LogP contribution is -2.02. The minimum atomic E-state index is -0.774. The zero-order valence-corrected chi connectivity index (χ0v) is 7.53. The number of hydrogen-bond donors (Lipinski definition) is 2. The maximum Gasteiger partial charge on any atom is 0.303 e. The summed E-state index contributed by atoms with van der Waals surface area (Å²) >= 11 is 0. The molecule has 0 radical (unpaired) electrons. The van der Waals surface area contributed by atoms with Crippen LogP contribution in [-0.2, 0) is 4.79 Å². The van der Waals surface area contributed by atoms with Gasteiger partial charge in [0.15, 0.2) is 0 Å². The average molecular weight is 179 g/mol. The van der Waals surface area contributed by atoms with Gasteiger partial charge in [0.2, 0.25) is 0 Å². The van der Waals surface area contributed by atoms with Gasteiger partial charge in [0.1, 0.15) is 0 Å². The molecule has 1 unspecified atom stereocenters. The van der Waals surface area contributed by atoms with E-state index in [1.807, 2.05) is 19.1 Å². The zero-order valence-electron chi connectivity index (χ0n) is 7.53. The van der Waals surface area contributed by atoms with Gasteiger partial charge < -0.3 is 10.8 Å². The SMILES string of the molecule is CC(CC(=O)O)c1ccc(N)cc1. The number of aliphatic carboxylic acids is 1. The zero-order chi connectivity index (χ0) is 9.84. The number of carbonyl (C=O) groups is 1. The van der Waals surface area contributed by atoms with Crippen LogP contribution in [0.2, 0.25) is 0 Å². The molecule has 0 aliphatic rings. The lowest BCUT2D eigenvalue weighted by Gasteiger charge is -2.08. The Balaban J connectivity index is 2.71. The third kappa shape index (κ3) is 2.78. The monoisotopic (exact) mass is 179 g/mol. The van der Waals surface area contributed by atoms with Crippen molar-refractivity contribution in [1.29, 1.82) is 0 Å². The van der Waals surface area contributed by atoms with Crippen LogP contribution in [-0.4, -0.2) is 11.1 Å². The smallest absolute Gasteiger partial charge is 0.303 e. The van der Waals surface area contributed by atoms with Crippen LogP contribution in [0.1, 0.15) is 24.8 Å². The van der Waals surface area contributed by atoms with Crippen LogP contribution in [0.4, 0.5) is 5.69 Å². The molecule has 0 amide bonds. The summed E-state index contributed by atoms with van der Waals surface area (Å²) in [4.78, 5) is 10.4. The summed E-state index contributed by atoms with van der Waals surface area (Å²) in [5.74, 6) is -0.734. The molecule has 1 atom stereocenters. The van der Waals surface area contributed by atoms with Gasteiger partial charge in [-0.2, -0.15) is 0 Å². The van der Waals surface area contributed by atoms with Gasteiger partial charge in [0.05, 0.1) is 6.42 Å². The number of carboxylic acids is 1. The molecule has 3 heteroatoms. The Labute approximate surface area is 77.2 Å². The van der Waals surface area contributed by atoms with E-state index in [1.54, 1.807) is 12.1 Å². The van der Waals surface area contributed by atoms with Crippen molar-refractivity contribution in [3.8, 4) is 0 Å². The summed E-state index contributed by atoms with van der Waals surface area (Å²) in [6.07, 6.45) is 0.157. The fourth-order valence-corrected chi connectivity index (χ4v) is 1.20. The maximum atomic E-state index is 10.4. The second kappa shape index (κ2) is 3.94. The van der Waals surface area contributed by atoms with E-state index >= 15 is 0 Å².